The van der Waals surface area contributed by atoms with E-state index in [0.717, 1.165) is 0 Å². The highest BCUT2D eigenvalue weighted by Crippen LogP contribution is 2.32. The Bertz CT molecular complexity index is 379. The molecule has 0 saturated carbocycles. The fourth-order valence-electron chi connectivity index (χ4n) is 1.12. The minimum absolute atomic E-state index is 0.286. The standard InChI is InChI=1S/C10H11ClNO3/c1-12-10(13)6-4-8(14-2)9(15-3)5-7(6)11/h4-5H,1H2,2-3H3,(H,12,13). The van der Waals surface area contributed by atoms with Gasteiger partial charge in [0.05, 0.1) is 24.8 Å². The summed E-state index contributed by atoms with van der Waals surface area (Å²) in [5.41, 5.74) is 0.296. The van der Waals surface area contributed by atoms with Gasteiger partial charge >= 0.3 is 0 Å². The van der Waals surface area contributed by atoms with Gasteiger partial charge in [-0.05, 0) is 6.07 Å². The summed E-state index contributed by atoms with van der Waals surface area (Å²) < 4.78 is 10.1. The molecule has 0 bridgehead atoms. The van der Waals surface area contributed by atoms with Crippen molar-refractivity contribution >= 4 is 17.5 Å². The van der Waals surface area contributed by atoms with Crippen molar-refractivity contribution in [3.63, 3.8) is 0 Å². The maximum absolute atomic E-state index is 11.3. The second kappa shape index (κ2) is 4.89. The largest absolute Gasteiger partial charge is 0.493 e. The summed E-state index contributed by atoms with van der Waals surface area (Å²) in [7, 11) is 6.25. The third kappa shape index (κ3) is 2.33. The molecule has 0 spiro atoms. The van der Waals surface area contributed by atoms with E-state index in [1.165, 1.54) is 26.4 Å². The van der Waals surface area contributed by atoms with Gasteiger partial charge < -0.3 is 14.8 Å². The van der Waals surface area contributed by atoms with Crippen molar-refractivity contribution < 1.29 is 14.3 Å². The highest BCUT2D eigenvalue weighted by molar-refractivity contribution is 6.34. The Balaban J connectivity index is 3.25. The van der Waals surface area contributed by atoms with Crippen molar-refractivity contribution in [2.45, 2.75) is 0 Å². The number of halogens is 1. The Morgan fingerprint density at radius 2 is 1.87 bits per heavy atom. The number of nitrogens with one attached hydrogen (secondary N) is 1. The Morgan fingerprint density at radius 3 is 2.33 bits per heavy atom. The molecule has 0 fully saturated rings. The van der Waals surface area contributed by atoms with Crippen LogP contribution in [0.3, 0.4) is 0 Å². The van der Waals surface area contributed by atoms with Crippen LogP contribution < -0.4 is 14.8 Å². The van der Waals surface area contributed by atoms with E-state index < -0.39 is 0 Å². The van der Waals surface area contributed by atoms with Gasteiger partial charge in [0.25, 0.3) is 5.91 Å². The molecule has 0 unspecified atom stereocenters. The molecule has 15 heavy (non-hydrogen) atoms. The molecular formula is C10H11ClNO3. The zero-order chi connectivity index (χ0) is 11.4. The molecular weight excluding hydrogens is 218 g/mol. The van der Waals surface area contributed by atoms with Crippen LogP contribution in [0.5, 0.6) is 11.5 Å². The number of amides is 1. The molecule has 0 aromatic heterocycles. The van der Waals surface area contributed by atoms with E-state index in [1.807, 2.05) is 0 Å². The van der Waals surface area contributed by atoms with Crippen molar-refractivity contribution in [2.24, 2.45) is 0 Å². The molecule has 0 atom stereocenters. The van der Waals surface area contributed by atoms with Crippen molar-refractivity contribution in [2.75, 3.05) is 14.2 Å². The Kier molecular flexibility index (Phi) is 3.80. The molecule has 0 heterocycles. The van der Waals surface area contributed by atoms with Gasteiger partial charge in [0.1, 0.15) is 0 Å². The van der Waals surface area contributed by atoms with E-state index in [-0.39, 0.29) is 10.9 Å². The normalized spacial score (nSPS) is 9.60. The Labute approximate surface area is 93.1 Å². The van der Waals surface area contributed by atoms with Gasteiger partial charge in [-0.1, -0.05) is 11.6 Å². The summed E-state index contributed by atoms with van der Waals surface area (Å²) in [6.45, 7) is 0. The lowest BCUT2D eigenvalue weighted by Gasteiger charge is -2.10. The van der Waals surface area contributed by atoms with Gasteiger partial charge in [0.15, 0.2) is 11.5 Å². The van der Waals surface area contributed by atoms with Crippen LogP contribution in [0.4, 0.5) is 0 Å². The summed E-state index contributed by atoms with van der Waals surface area (Å²) in [5, 5.41) is 2.53. The Hall–Kier alpha value is -1.42. The molecule has 0 aliphatic carbocycles. The number of ether oxygens (including phenoxy) is 2. The van der Waals surface area contributed by atoms with E-state index in [9.17, 15) is 4.79 Å². The molecule has 1 aromatic carbocycles. The lowest BCUT2D eigenvalue weighted by Crippen LogP contribution is -2.16. The van der Waals surface area contributed by atoms with Crippen LogP contribution >= 0.6 is 11.6 Å². The summed E-state index contributed by atoms with van der Waals surface area (Å²) in [4.78, 5) is 11.3. The topological polar surface area (TPSA) is 47.6 Å². The zero-order valence-corrected chi connectivity index (χ0v) is 9.22. The van der Waals surface area contributed by atoms with Gasteiger partial charge in [0.2, 0.25) is 0 Å². The predicted octanol–water partition coefficient (Wildman–Crippen LogP) is 1.88. The molecule has 1 amide bonds. The Morgan fingerprint density at radius 1 is 1.33 bits per heavy atom. The van der Waals surface area contributed by atoms with Crippen LogP contribution in [0.2, 0.25) is 5.02 Å². The second-order valence-corrected chi connectivity index (χ2v) is 3.10. The minimum Gasteiger partial charge on any atom is -0.493 e. The minimum atomic E-state index is -0.374. The van der Waals surface area contributed by atoms with E-state index in [0.29, 0.717) is 17.1 Å². The number of benzene rings is 1. The summed E-state index contributed by atoms with van der Waals surface area (Å²) in [6, 6.07) is 3.02. The van der Waals surface area contributed by atoms with Crippen LogP contribution in [0, 0.1) is 7.05 Å². The summed E-state index contributed by atoms with van der Waals surface area (Å²) >= 11 is 5.89. The van der Waals surface area contributed by atoms with Crippen LogP contribution in [-0.4, -0.2) is 20.1 Å². The first-order valence-corrected chi connectivity index (χ1v) is 4.50. The number of hydrogen-bond donors (Lipinski definition) is 1. The summed E-state index contributed by atoms with van der Waals surface area (Å²) in [5.74, 6) is 0.546. The number of rotatable bonds is 3. The van der Waals surface area contributed by atoms with Crippen LogP contribution in [0.25, 0.3) is 0 Å². The first kappa shape index (κ1) is 11.7. The average molecular weight is 229 g/mol. The predicted molar refractivity (Wildman–Crippen MR) is 57.4 cm³/mol. The molecule has 5 heteroatoms. The van der Waals surface area contributed by atoms with Crippen molar-refractivity contribution in [1.29, 1.82) is 0 Å². The maximum Gasteiger partial charge on any atom is 0.252 e. The summed E-state index contributed by atoms with van der Waals surface area (Å²) in [6.07, 6.45) is 0. The van der Waals surface area contributed by atoms with Gasteiger partial charge in [-0.15, -0.1) is 0 Å². The van der Waals surface area contributed by atoms with Crippen LogP contribution in [0.1, 0.15) is 10.4 Å². The quantitative estimate of drug-likeness (QED) is 0.859. The van der Waals surface area contributed by atoms with Gasteiger partial charge in [-0.3, -0.25) is 4.79 Å². The molecule has 1 rings (SSSR count). The maximum atomic E-state index is 11.3. The number of methoxy groups -OCH3 is 2. The third-order valence-electron chi connectivity index (χ3n) is 1.88. The molecule has 0 aliphatic rings. The van der Waals surface area contributed by atoms with E-state index in [1.54, 1.807) is 0 Å². The van der Waals surface area contributed by atoms with E-state index >= 15 is 0 Å². The van der Waals surface area contributed by atoms with Crippen molar-refractivity contribution in [1.82, 2.24) is 5.32 Å². The lowest BCUT2D eigenvalue weighted by atomic mass is 10.2. The highest BCUT2D eigenvalue weighted by Gasteiger charge is 2.14. The third-order valence-corrected chi connectivity index (χ3v) is 2.19. The van der Waals surface area contributed by atoms with Crippen LogP contribution in [0.15, 0.2) is 12.1 Å². The van der Waals surface area contributed by atoms with Crippen molar-refractivity contribution in [3.8, 4) is 11.5 Å². The average Bonchev–Trinajstić information content (AvgIpc) is 2.27. The monoisotopic (exact) mass is 228 g/mol. The fraction of sp³-hybridized carbons (Fsp3) is 0.200. The second-order valence-electron chi connectivity index (χ2n) is 2.69. The lowest BCUT2D eigenvalue weighted by molar-refractivity contribution is 0.0968. The smallest absolute Gasteiger partial charge is 0.252 e. The SMILES string of the molecule is [CH2]NC(=O)c1cc(OC)c(OC)cc1Cl. The fourth-order valence-corrected chi connectivity index (χ4v) is 1.36. The molecule has 4 nitrogen and oxygen atoms in total. The first-order valence-electron chi connectivity index (χ1n) is 4.13. The number of hydrogen-bond acceptors (Lipinski definition) is 3. The number of carbonyl (C=O) groups is 1. The highest BCUT2D eigenvalue weighted by atomic mass is 35.5. The molecule has 1 aromatic rings. The van der Waals surface area contributed by atoms with E-state index in [4.69, 9.17) is 21.1 Å². The van der Waals surface area contributed by atoms with Gasteiger partial charge in [-0.25, -0.2) is 0 Å². The molecule has 1 N–H and O–H groups in total. The molecule has 1 radical (unpaired) electrons. The molecule has 81 valence electrons. The molecule has 0 aliphatic heterocycles. The van der Waals surface area contributed by atoms with E-state index in [2.05, 4.69) is 12.4 Å². The van der Waals surface area contributed by atoms with Gasteiger partial charge in [-0.2, -0.15) is 0 Å². The van der Waals surface area contributed by atoms with Gasteiger partial charge in [0, 0.05) is 13.1 Å². The van der Waals surface area contributed by atoms with Crippen LogP contribution in [-0.2, 0) is 0 Å². The van der Waals surface area contributed by atoms with Crippen molar-refractivity contribution in [3.05, 3.63) is 29.8 Å². The first-order chi connectivity index (χ1) is 7.13. The zero-order valence-electron chi connectivity index (χ0n) is 8.46. The number of carbonyl (C=O) groups excluding carboxylic acids is 1. The molecule has 0 saturated heterocycles.